The van der Waals surface area contributed by atoms with Crippen LogP contribution in [0.25, 0.3) is 0 Å². The molecule has 2 aliphatic rings. The van der Waals surface area contributed by atoms with E-state index in [1.165, 1.54) is 4.90 Å². The van der Waals surface area contributed by atoms with Crippen molar-refractivity contribution >= 4 is 29.1 Å². The van der Waals surface area contributed by atoms with Gasteiger partial charge < -0.3 is 0 Å². The maximum Gasteiger partial charge on any atom is 0.289 e. The second-order valence-electron chi connectivity index (χ2n) is 7.41. The van der Waals surface area contributed by atoms with Crippen molar-refractivity contribution in [1.82, 2.24) is 10.4 Å². The molecule has 0 radical (unpaired) electrons. The van der Waals surface area contributed by atoms with Gasteiger partial charge in [-0.2, -0.15) is 5.10 Å². The van der Waals surface area contributed by atoms with Crippen LogP contribution in [0, 0.1) is 11.8 Å². The standard InChI is InChI=1S/C22H22N4O3/c1-14(24-25-20(27)19-8-4-5-13-23-19)15-9-11-16(12-10-15)26-21(28)17-6-2-3-7-18(17)22(26)29/h4-5,8-13,17-18H,2-3,6-7H2,1H3,(H,25,27). The summed E-state index contributed by atoms with van der Waals surface area (Å²) in [5.41, 5.74) is 4.74. The van der Waals surface area contributed by atoms with E-state index in [0.29, 0.717) is 11.4 Å². The largest absolute Gasteiger partial charge is 0.289 e. The van der Waals surface area contributed by atoms with Gasteiger partial charge in [0.1, 0.15) is 5.69 Å². The molecular formula is C22H22N4O3. The van der Waals surface area contributed by atoms with Crippen LogP contribution >= 0.6 is 0 Å². The highest BCUT2D eigenvalue weighted by molar-refractivity contribution is 6.22. The predicted molar refractivity (Wildman–Crippen MR) is 108 cm³/mol. The Hall–Kier alpha value is -3.35. The minimum Gasteiger partial charge on any atom is -0.274 e. The summed E-state index contributed by atoms with van der Waals surface area (Å²) < 4.78 is 0. The van der Waals surface area contributed by atoms with Crippen molar-refractivity contribution < 1.29 is 14.4 Å². The van der Waals surface area contributed by atoms with Gasteiger partial charge in [0.2, 0.25) is 11.8 Å². The van der Waals surface area contributed by atoms with E-state index in [4.69, 9.17) is 0 Å². The number of carbonyl (C=O) groups is 3. The number of amides is 3. The van der Waals surface area contributed by atoms with E-state index in [1.54, 1.807) is 55.6 Å². The molecule has 2 heterocycles. The van der Waals surface area contributed by atoms with Crippen LogP contribution in [0.4, 0.5) is 5.69 Å². The number of aromatic nitrogens is 1. The Morgan fingerprint density at radius 3 is 2.28 bits per heavy atom. The summed E-state index contributed by atoms with van der Waals surface area (Å²) in [5, 5.41) is 4.12. The van der Waals surface area contributed by atoms with Crippen molar-refractivity contribution in [3.63, 3.8) is 0 Å². The Labute approximate surface area is 168 Å². The van der Waals surface area contributed by atoms with Crippen LogP contribution in [0.5, 0.6) is 0 Å². The number of hydrazone groups is 1. The Morgan fingerprint density at radius 2 is 1.69 bits per heavy atom. The van der Waals surface area contributed by atoms with Gasteiger partial charge in [-0.3, -0.25) is 24.3 Å². The highest BCUT2D eigenvalue weighted by Crippen LogP contribution is 2.40. The van der Waals surface area contributed by atoms with E-state index < -0.39 is 5.91 Å². The van der Waals surface area contributed by atoms with Gasteiger partial charge in [-0.25, -0.2) is 5.43 Å². The van der Waals surface area contributed by atoms with Crippen LogP contribution in [0.15, 0.2) is 53.8 Å². The number of carbonyl (C=O) groups excluding carboxylic acids is 3. The zero-order chi connectivity index (χ0) is 20.4. The third kappa shape index (κ3) is 3.68. The first kappa shape index (κ1) is 19.0. The van der Waals surface area contributed by atoms with Crippen LogP contribution in [0.2, 0.25) is 0 Å². The van der Waals surface area contributed by atoms with E-state index in [2.05, 4.69) is 15.5 Å². The molecule has 1 N–H and O–H groups in total. The summed E-state index contributed by atoms with van der Waals surface area (Å²) >= 11 is 0. The van der Waals surface area contributed by atoms with E-state index >= 15 is 0 Å². The van der Waals surface area contributed by atoms with Crippen molar-refractivity contribution in [1.29, 1.82) is 0 Å². The normalized spacial score (nSPS) is 21.8. The maximum atomic E-state index is 12.7. The minimum atomic E-state index is -0.391. The molecule has 7 nitrogen and oxygen atoms in total. The van der Waals surface area contributed by atoms with Crippen molar-refractivity contribution in [3.05, 3.63) is 59.9 Å². The van der Waals surface area contributed by atoms with Crippen molar-refractivity contribution in [3.8, 4) is 0 Å². The molecule has 0 spiro atoms. The summed E-state index contributed by atoms with van der Waals surface area (Å²) in [7, 11) is 0. The SMILES string of the molecule is CC(=NNC(=O)c1ccccn1)c1ccc(N2C(=O)C3CCCCC3C2=O)cc1. The molecule has 1 aromatic heterocycles. The Bertz CT molecular complexity index is 945. The van der Waals surface area contributed by atoms with Crippen molar-refractivity contribution in [2.75, 3.05) is 4.90 Å². The van der Waals surface area contributed by atoms with Crippen LogP contribution in [-0.4, -0.2) is 28.4 Å². The molecule has 148 valence electrons. The fourth-order valence-corrected chi connectivity index (χ4v) is 4.02. The number of hydrogen-bond acceptors (Lipinski definition) is 5. The highest BCUT2D eigenvalue weighted by Gasteiger charge is 2.48. The molecule has 3 amide bonds. The number of imide groups is 1. The molecule has 2 aromatic rings. The molecule has 0 bridgehead atoms. The first-order chi connectivity index (χ1) is 14.1. The Kier molecular flexibility index (Phi) is 5.20. The van der Waals surface area contributed by atoms with E-state index in [9.17, 15) is 14.4 Å². The molecule has 1 saturated heterocycles. The summed E-state index contributed by atoms with van der Waals surface area (Å²) in [6, 6.07) is 12.2. The number of hydrogen-bond donors (Lipinski definition) is 1. The number of anilines is 1. The highest BCUT2D eigenvalue weighted by atomic mass is 16.2. The van der Waals surface area contributed by atoms with Gasteiger partial charge in [-0.1, -0.05) is 31.0 Å². The molecule has 1 saturated carbocycles. The summed E-state index contributed by atoms with van der Waals surface area (Å²) in [6.07, 6.45) is 5.15. The molecule has 29 heavy (non-hydrogen) atoms. The summed E-state index contributed by atoms with van der Waals surface area (Å²) in [6.45, 7) is 1.77. The lowest BCUT2D eigenvalue weighted by atomic mass is 9.81. The zero-order valence-corrected chi connectivity index (χ0v) is 16.2. The van der Waals surface area contributed by atoms with E-state index in [-0.39, 0.29) is 29.3 Å². The molecule has 2 fully saturated rings. The summed E-state index contributed by atoms with van der Waals surface area (Å²) in [4.78, 5) is 42.8. The van der Waals surface area contributed by atoms with Gasteiger partial charge in [-0.05, 0) is 49.6 Å². The number of rotatable bonds is 4. The van der Waals surface area contributed by atoms with E-state index in [1.807, 2.05) is 0 Å². The number of nitrogens with one attached hydrogen (secondary N) is 1. The molecule has 1 aliphatic carbocycles. The second-order valence-corrected chi connectivity index (χ2v) is 7.41. The third-order valence-electron chi connectivity index (χ3n) is 5.61. The summed E-state index contributed by atoms with van der Waals surface area (Å²) in [5.74, 6) is -0.888. The average Bonchev–Trinajstić information content (AvgIpc) is 3.03. The molecule has 2 unspecified atom stereocenters. The van der Waals surface area contributed by atoms with Crippen LogP contribution < -0.4 is 10.3 Å². The predicted octanol–water partition coefficient (Wildman–Crippen LogP) is 2.92. The van der Waals surface area contributed by atoms with Crippen LogP contribution in [0.3, 0.4) is 0 Å². The molecule has 4 rings (SSSR count). The fourth-order valence-electron chi connectivity index (χ4n) is 4.02. The first-order valence-electron chi connectivity index (χ1n) is 9.80. The molecule has 7 heteroatoms. The number of nitrogens with zero attached hydrogens (tertiary/aromatic N) is 3. The van der Waals surface area contributed by atoms with Crippen molar-refractivity contribution in [2.45, 2.75) is 32.6 Å². The topological polar surface area (TPSA) is 91.7 Å². The zero-order valence-electron chi connectivity index (χ0n) is 16.2. The number of fused-ring (bicyclic) bond motifs is 1. The van der Waals surface area contributed by atoms with Gasteiger partial charge in [0.15, 0.2) is 0 Å². The number of benzene rings is 1. The van der Waals surface area contributed by atoms with Gasteiger partial charge in [0.05, 0.1) is 23.2 Å². The fraction of sp³-hybridized carbons (Fsp3) is 0.318. The lowest BCUT2D eigenvalue weighted by molar-refractivity contribution is -0.122. The quantitative estimate of drug-likeness (QED) is 0.494. The molecule has 1 aromatic carbocycles. The average molecular weight is 390 g/mol. The maximum absolute atomic E-state index is 12.7. The second kappa shape index (κ2) is 7.95. The Balaban J connectivity index is 1.47. The first-order valence-corrected chi connectivity index (χ1v) is 9.80. The van der Waals surface area contributed by atoms with Crippen LogP contribution in [-0.2, 0) is 9.59 Å². The lowest BCUT2D eigenvalue weighted by Crippen LogP contribution is -2.30. The minimum absolute atomic E-state index is 0.0829. The van der Waals surface area contributed by atoms with Gasteiger partial charge in [-0.15, -0.1) is 0 Å². The monoisotopic (exact) mass is 390 g/mol. The van der Waals surface area contributed by atoms with Crippen LogP contribution in [0.1, 0.15) is 48.7 Å². The van der Waals surface area contributed by atoms with Gasteiger partial charge in [0, 0.05) is 6.20 Å². The van der Waals surface area contributed by atoms with Gasteiger partial charge >= 0.3 is 0 Å². The molecular weight excluding hydrogens is 368 g/mol. The lowest BCUT2D eigenvalue weighted by Gasteiger charge is -2.19. The molecule has 1 aliphatic heterocycles. The van der Waals surface area contributed by atoms with Crippen molar-refractivity contribution in [2.24, 2.45) is 16.9 Å². The third-order valence-corrected chi connectivity index (χ3v) is 5.61. The van der Waals surface area contributed by atoms with E-state index in [0.717, 1.165) is 31.2 Å². The number of pyridine rings is 1. The Morgan fingerprint density at radius 1 is 1.03 bits per heavy atom. The molecule has 2 atom stereocenters. The van der Waals surface area contributed by atoms with Gasteiger partial charge in [0.25, 0.3) is 5.91 Å². The smallest absolute Gasteiger partial charge is 0.274 e.